The maximum Gasteiger partial charge on any atom is 0.282 e. The second kappa shape index (κ2) is 6.10. The number of ketones is 1. The Bertz CT molecular complexity index is 648. The van der Waals surface area contributed by atoms with Crippen molar-refractivity contribution in [2.24, 2.45) is 0 Å². The molecule has 0 spiro atoms. The van der Waals surface area contributed by atoms with Crippen LogP contribution in [0.5, 0.6) is 0 Å². The molecule has 20 heavy (non-hydrogen) atoms. The average molecular weight is 296 g/mol. The Morgan fingerprint density at radius 1 is 1.40 bits per heavy atom. The molecule has 0 aliphatic rings. The molecule has 0 fully saturated rings. The standard InChI is InChI=1S/C12H10ClN3O4/c1-15(2)12(18)9(6-14)11(17)8-4-3-7(13)5-10(8)16(19)20/h3-5,14H,1-2H3. The lowest BCUT2D eigenvalue weighted by Gasteiger charge is -2.10. The zero-order valence-corrected chi connectivity index (χ0v) is 11.4. The van der Waals surface area contributed by atoms with Crippen LogP contribution in [0, 0.1) is 15.5 Å². The largest absolute Gasteiger partial charge is 0.344 e. The van der Waals surface area contributed by atoms with Crippen molar-refractivity contribution in [2.75, 3.05) is 14.1 Å². The van der Waals surface area contributed by atoms with Gasteiger partial charge in [-0.05, 0) is 18.0 Å². The van der Waals surface area contributed by atoms with E-state index in [0.29, 0.717) is 0 Å². The van der Waals surface area contributed by atoms with Crippen molar-refractivity contribution >= 4 is 34.8 Å². The van der Waals surface area contributed by atoms with Crippen LogP contribution in [0.15, 0.2) is 23.8 Å². The minimum atomic E-state index is -0.943. The van der Waals surface area contributed by atoms with Crippen molar-refractivity contribution in [3.63, 3.8) is 0 Å². The van der Waals surface area contributed by atoms with E-state index in [2.05, 4.69) is 0 Å². The number of amides is 1. The van der Waals surface area contributed by atoms with Gasteiger partial charge in [-0.15, -0.1) is 0 Å². The lowest BCUT2D eigenvalue weighted by Crippen LogP contribution is -2.28. The fourth-order valence-electron chi connectivity index (χ4n) is 1.41. The highest BCUT2D eigenvalue weighted by Crippen LogP contribution is 2.25. The van der Waals surface area contributed by atoms with Gasteiger partial charge in [0.2, 0.25) is 5.78 Å². The van der Waals surface area contributed by atoms with Crippen LogP contribution in [0.25, 0.3) is 0 Å². The number of carbonyl (C=O) groups excluding carboxylic acids is 2. The summed E-state index contributed by atoms with van der Waals surface area (Å²) in [7, 11) is 2.78. The third-order valence-electron chi connectivity index (χ3n) is 2.37. The number of halogens is 1. The molecule has 0 bridgehead atoms. The van der Waals surface area contributed by atoms with Gasteiger partial charge in [0.1, 0.15) is 11.1 Å². The van der Waals surface area contributed by atoms with E-state index in [1.54, 1.807) is 5.87 Å². The van der Waals surface area contributed by atoms with E-state index in [-0.39, 0.29) is 10.6 Å². The minimum Gasteiger partial charge on any atom is -0.344 e. The molecule has 1 aromatic carbocycles. The van der Waals surface area contributed by atoms with Crippen LogP contribution in [0.3, 0.4) is 0 Å². The number of rotatable bonds is 4. The van der Waals surface area contributed by atoms with Crippen molar-refractivity contribution in [1.82, 2.24) is 4.90 Å². The van der Waals surface area contributed by atoms with Gasteiger partial charge >= 0.3 is 0 Å². The molecule has 7 nitrogen and oxygen atoms in total. The van der Waals surface area contributed by atoms with E-state index in [9.17, 15) is 19.7 Å². The maximum atomic E-state index is 12.1. The third kappa shape index (κ3) is 3.09. The summed E-state index contributed by atoms with van der Waals surface area (Å²) >= 11 is 5.64. The zero-order valence-electron chi connectivity index (χ0n) is 10.6. The average Bonchev–Trinajstić information content (AvgIpc) is 2.38. The summed E-state index contributed by atoms with van der Waals surface area (Å²) in [4.78, 5) is 35.1. The summed E-state index contributed by atoms with van der Waals surface area (Å²) in [6.07, 6.45) is 0. The highest BCUT2D eigenvalue weighted by atomic mass is 35.5. The van der Waals surface area contributed by atoms with E-state index >= 15 is 0 Å². The quantitative estimate of drug-likeness (QED) is 0.173. The fourth-order valence-corrected chi connectivity index (χ4v) is 1.58. The molecule has 1 amide bonds. The molecule has 0 heterocycles. The van der Waals surface area contributed by atoms with Crippen molar-refractivity contribution in [3.8, 4) is 0 Å². The second-order valence-electron chi connectivity index (χ2n) is 3.95. The van der Waals surface area contributed by atoms with Gasteiger partial charge in [-0.25, -0.2) is 0 Å². The summed E-state index contributed by atoms with van der Waals surface area (Å²) in [5.74, 6) is 0.0347. The second-order valence-corrected chi connectivity index (χ2v) is 4.38. The van der Waals surface area contributed by atoms with Gasteiger partial charge < -0.3 is 4.90 Å². The Hall–Kier alpha value is -2.50. The summed E-state index contributed by atoms with van der Waals surface area (Å²) in [6.45, 7) is 0. The Balaban J connectivity index is 3.38. The first kappa shape index (κ1) is 15.6. The summed E-state index contributed by atoms with van der Waals surface area (Å²) in [6, 6.07) is 3.45. The molecular weight excluding hydrogens is 286 g/mol. The fraction of sp³-hybridized carbons (Fsp3) is 0.167. The van der Waals surface area contributed by atoms with Crippen LogP contribution in [0.4, 0.5) is 5.69 Å². The predicted octanol–water partition coefficient (Wildman–Crippen LogP) is 1.69. The Labute approximate surface area is 119 Å². The van der Waals surface area contributed by atoms with Crippen molar-refractivity contribution in [2.45, 2.75) is 0 Å². The number of nitro groups is 1. The molecule has 0 radical (unpaired) electrons. The number of hydrogen-bond donors (Lipinski definition) is 1. The molecule has 0 saturated heterocycles. The minimum absolute atomic E-state index is 0.0903. The van der Waals surface area contributed by atoms with Gasteiger partial charge in [-0.2, -0.15) is 0 Å². The van der Waals surface area contributed by atoms with Crippen LogP contribution < -0.4 is 0 Å². The molecule has 1 aromatic rings. The molecule has 0 saturated carbocycles. The first-order chi connectivity index (χ1) is 9.29. The molecule has 1 rings (SSSR count). The molecule has 0 aliphatic carbocycles. The van der Waals surface area contributed by atoms with E-state index in [1.807, 2.05) is 0 Å². The van der Waals surface area contributed by atoms with Crippen molar-refractivity contribution in [3.05, 3.63) is 44.5 Å². The molecular formula is C12H10ClN3O4. The first-order valence-corrected chi connectivity index (χ1v) is 5.67. The number of nitro benzene ring substituents is 1. The lowest BCUT2D eigenvalue weighted by atomic mass is 10.0. The first-order valence-electron chi connectivity index (χ1n) is 5.29. The summed E-state index contributed by atoms with van der Waals surface area (Å²) in [5, 5.41) is 18.0. The number of benzene rings is 1. The van der Waals surface area contributed by atoms with Crippen LogP contribution in [-0.4, -0.2) is 41.5 Å². The molecule has 8 heteroatoms. The van der Waals surface area contributed by atoms with Crippen molar-refractivity contribution < 1.29 is 14.5 Å². The van der Waals surface area contributed by atoms with E-state index in [4.69, 9.17) is 17.0 Å². The van der Waals surface area contributed by atoms with E-state index in [1.165, 1.54) is 20.2 Å². The van der Waals surface area contributed by atoms with Crippen LogP contribution in [-0.2, 0) is 4.79 Å². The molecule has 0 atom stereocenters. The third-order valence-corrected chi connectivity index (χ3v) is 2.61. The number of nitrogens with one attached hydrogen (secondary N) is 1. The highest BCUT2D eigenvalue weighted by Gasteiger charge is 2.28. The highest BCUT2D eigenvalue weighted by molar-refractivity contribution is 6.33. The van der Waals surface area contributed by atoms with Gasteiger partial charge in [0.25, 0.3) is 11.6 Å². The molecule has 104 valence electrons. The van der Waals surface area contributed by atoms with E-state index < -0.39 is 27.9 Å². The topological polar surface area (TPSA) is 104 Å². The number of carbonyl (C=O) groups is 2. The monoisotopic (exact) mass is 295 g/mol. The van der Waals surface area contributed by atoms with Crippen LogP contribution in [0.2, 0.25) is 5.02 Å². The zero-order chi connectivity index (χ0) is 15.4. The Morgan fingerprint density at radius 2 is 2.00 bits per heavy atom. The van der Waals surface area contributed by atoms with Gasteiger partial charge in [-0.3, -0.25) is 25.1 Å². The van der Waals surface area contributed by atoms with Crippen molar-refractivity contribution in [1.29, 1.82) is 5.41 Å². The normalized spacial score (nSPS) is 9.55. The molecule has 0 unspecified atom stereocenters. The van der Waals surface area contributed by atoms with Gasteiger partial charge in [-0.1, -0.05) is 11.6 Å². The number of nitrogens with zero attached hydrogens (tertiary/aromatic N) is 2. The van der Waals surface area contributed by atoms with Crippen LogP contribution in [0.1, 0.15) is 10.4 Å². The Morgan fingerprint density at radius 3 is 2.45 bits per heavy atom. The number of likely N-dealkylation sites (N-methyl/N-ethyl adjacent to an activating group) is 1. The van der Waals surface area contributed by atoms with E-state index in [0.717, 1.165) is 17.0 Å². The summed E-state index contributed by atoms with van der Waals surface area (Å²) in [5.41, 5.74) is -1.42. The van der Waals surface area contributed by atoms with Gasteiger partial charge in [0.15, 0.2) is 0 Å². The maximum absolute atomic E-state index is 12.1. The molecule has 0 aromatic heterocycles. The van der Waals surface area contributed by atoms with Gasteiger partial charge in [0, 0.05) is 25.2 Å². The number of Topliss-reactive ketones (excluding diaryl/α,β-unsaturated/α-hetero) is 1. The molecule has 1 N–H and O–H groups in total. The lowest BCUT2D eigenvalue weighted by molar-refractivity contribution is -0.385. The van der Waals surface area contributed by atoms with Gasteiger partial charge in [0.05, 0.1) is 4.92 Å². The number of hydrogen-bond acceptors (Lipinski definition) is 5. The smallest absolute Gasteiger partial charge is 0.282 e. The Kier molecular flexibility index (Phi) is 4.74. The SMILES string of the molecule is CN(C)C(=O)C(=C=N)C(=O)c1ccc(Cl)cc1[N+](=O)[O-]. The summed E-state index contributed by atoms with van der Waals surface area (Å²) < 4.78 is 0. The van der Waals surface area contributed by atoms with Crippen LogP contribution >= 0.6 is 11.6 Å². The molecule has 0 aliphatic heterocycles. The predicted molar refractivity (Wildman–Crippen MR) is 72.4 cm³/mol.